The topological polar surface area (TPSA) is 62.5 Å². The van der Waals surface area contributed by atoms with Gasteiger partial charge in [-0.25, -0.2) is 0 Å². The van der Waals surface area contributed by atoms with E-state index in [-0.39, 0.29) is 5.91 Å². The number of carbonyl (C=O) groups is 1. The fraction of sp³-hybridized carbons (Fsp3) is 0.185. The minimum absolute atomic E-state index is 0.0123. The van der Waals surface area contributed by atoms with Crippen LogP contribution in [0.5, 0.6) is 0 Å². The monoisotopic (exact) mass is 422 g/mol. The maximum atomic E-state index is 13.0. The average molecular weight is 423 g/mol. The number of fused-ring (bicyclic) bond motifs is 1. The normalized spacial score (nSPS) is 15.0. The van der Waals surface area contributed by atoms with Crippen LogP contribution in [0.3, 0.4) is 0 Å². The van der Waals surface area contributed by atoms with Gasteiger partial charge in [0.05, 0.1) is 0 Å². The highest BCUT2D eigenvalue weighted by Crippen LogP contribution is 2.25. The lowest BCUT2D eigenvalue weighted by Gasteiger charge is -2.37. The molecule has 2 N–H and O–H groups in total. The Hall–Kier alpha value is -3.70. The van der Waals surface area contributed by atoms with Crippen molar-refractivity contribution in [1.29, 1.82) is 0 Å². The van der Waals surface area contributed by atoms with Crippen LogP contribution < -0.4 is 10.6 Å². The molecule has 1 unspecified atom stereocenters. The van der Waals surface area contributed by atoms with Crippen LogP contribution in [-0.2, 0) is 4.79 Å². The first-order valence-electron chi connectivity index (χ1n) is 11.0. The van der Waals surface area contributed by atoms with Crippen molar-refractivity contribution in [3.8, 4) is 11.1 Å². The van der Waals surface area contributed by atoms with Gasteiger partial charge in [-0.2, -0.15) is 0 Å². The number of hydrogen-bond donors (Lipinski definition) is 1. The summed E-state index contributed by atoms with van der Waals surface area (Å²) in [5.74, 6) is -0.0123. The molecular formula is C27H26N4O. The van der Waals surface area contributed by atoms with Crippen LogP contribution in [0, 0.1) is 0 Å². The second kappa shape index (κ2) is 8.81. The maximum absolute atomic E-state index is 13.0. The largest absolute Gasteiger partial charge is 0.368 e. The van der Waals surface area contributed by atoms with Crippen molar-refractivity contribution in [2.75, 3.05) is 31.1 Å². The quantitative estimate of drug-likeness (QED) is 0.534. The van der Waals surface area contributed by atoms with Crippen molar-refractivity contribution in [1.82, 2.24) is 9.88 Å². The molecule has 0 bridgehead atoms. The molecule has 0 saturated carbocycles. The zero-order valence-corrected chi connectivity index (χ0v) is 17.9. The van der Waals surface area contributed by atoms with E-state index in [0.717, 1.165) is 35.2 Å². The first-order chi connectivity index (χ1) is 15.7. The van der Waals surface area contributed by atoms with E-state index in [1.165, 1.54) is 11.1 Å². The van der Waals surface area contributed by atoms with E-state index in [4.69, 9.17) is 5.73 Å². The van der Waals surface area contributed by atoms with Crippen molar-refractivity contribution < 1.29 is 4.79 Å². The SMILES string of the molecule is NC(C(=O)N1CCN(c2ccc3cnccc3c2)CC1)c1ccc(-c2ccccc2)cc1. The fourth-order valence-corrected chi connectivity index (χ4v) is 4.31. The zero-order chi connectivity index (χ0) is 21.9. The molecule has 1 aliphatic rings. The van der Waals surface area contributed by atoms with Crippen LogP contribution in [0.25, 0.3) is 21.9 Å². The summed E-state index contributed by atoms with van der Waals surface area (Å²) >= 11 is 0. The summed E-state index contributed by atoms with van der Waals surface area (Å²) in [6.07, 6.45) is 3.69. The maximum Gasteiger partial charge on any atom is 0.244 e. The Kier molecular flexibility index (Phi) is 5.57. The lowest BCUT2D eigenvalue weighted by atomic mass is 10.0. The molecule has 1 fully saturated rings. The third-order valence-electron chi connectivity index (χ3n) is 6.22. The molecule has 0 radical (unpaired) electrons. The van der Waals surface area contributed by atoms with Gasteiger partial charge in [0.25, 0.3) is 0 Å². The number of pyridine rings is 1. The second-order valence-corrected chi connectivity index (χ2v) is 8.19. The highest BCUT2D eigenvalue weighted by Gasteiger charge is 2.26. The van der Waals surface area contributed by atoms with Crippen LogP contribution in [0.4, 0.5) is 5.69 Å². The van der Waals surface area contributed by atoms with Gasteiger partial charge >= 0.3 is 0 Å². The molecule has 3 aromatic carbocycles. The Morgan fingerprint density at radius 3 is 2.28 bits per heavy atom. The van der Waals surface area contributed by atoms with Crippen LogP contribution in [0.15, 0.2) is 91.3 Å². The molecule has 5 heteroatoms. The van der Waals surface area contributed by atoms with E-state index in [1.54, 1.807) is 0 Å². The number of hydrogen-bond acceptors (Lipinski definition) is 4. The summed E-state index contributed by atoms with van der Waals surface area (Å²) in [4.78, 5) is 21.4. The van der Waals surface area contributed by atoms with E-state index >= 15 is 0 Å². The number of piperazine rings is 1. The molecular weight excluding hydrogens is 396 g/mol. The van der Waals surface area contributed by atoms with Crippen molar-refractivity contribution in [2.24, 2.45) is 5.73 Å². The van der Waals surface area contributed by atoms with Crippen molar-refractivity contribution in [2.45, 2.75) is 6.04 Å². The summed E-state index contributed by atoms with van der Waals surface area (Å²) in [6, 6.07) is 26.0. The molecule has 4 aromatic rings. The van der Waals surface area contributed by atoms with Crippen LogP contribution >= 0.6 is 0 Å². The number of nitrogens with zero attached hydrogens (tertiary/aromatic N) is 3. The van der Waals surface area contributed by atoms with Crippen LogP contribution in [0.1, 0.15) is 11.6 Å². The summed E-state index contributed by atoms with van der Waals surface area (Å²) in [6.45, 7) is 2.93. The van der Waals surface area contributed by atoms with E-state index in [1.807, 2.05) is 65.8 Å². The Labute approximate surface area is 188 Å². The van der Waals surface area contributed by atoms with E-state index < -0.39 is 6.04 Å². The van der Waals surface area contributed by atoms with Gasteiger partial charge in [-0.15, -0.1) is 0 Å². The molecule has 1 amide bonds. The molecule has 160 valence electrons. The summed E-state index contributed by atoms with van der Waals surface area (Å²) < 4.78 is 0. The van der Waals surface area contributed by atoms with Gasteiger partial charge in [-0.05, 0) is 40.3 Å². The van der Waals surface area contributed by atoms with Gasteiger partial charge in [0, 0.05) is 49.6 Å². The molecule has 1 saturated heterocycles. The first kappa shape index (κ1) is 20.2. The van der Waals surface area contributed by atoms with Crippen LogP contribution in [-0.4, -0.2) is 42.0 Å². The van der Waals surface area contributed by atoms with Crippen molar-refractivity contribution >= 4 is 22.4 Å². The lowest BCUT2D eigenvalue weighted by Crippen LogP contribution is -2.51. The van der Waals surface area contributed by atoms with E-state index in [9.17, 15) is 4.79 Å². The minimum atomic E-state index is -0.639. The number of nitrogens with two attached hydrogens (primary N) is 1. The molecule has 5 nitrogen and oxygen atoms in total. The Bertz CT molecular complexity index is 1220. The minimum Gasteiger partial charge on any atom is -0.368 e. The summed E-state index contributed by atoms with van der Waals surface area (Å²) in [7, 11) is 0. The van der Waals surface area contributed by atoms with Crippen molar-refractivity contribution in [3.63, 3.8) is 0 Å². The number of benzene rings is 3. The third-order valence-corrected chi connectivity index (χ3v) is 6.22. The van der Waals surface area contributed by atoms with Crippen LogP contribution in [0.2, 0.25) is 0 Å². The second-order valence-electron chi connectivity index (χ2n) is 8.19. The van der Waals surface area contributed by atoms with E-state index in [0.29, 0.717) is 13.1 Å². The fourth-order valence-electron chi connectivity index (χ4n) is 4.31. The highest BCUT2D eigenvalue weighted by atomic mass is 16.2. The standard InChI is InChI=1S/C27H26N4O/c28-26(22-8-6-21(7-9-22)20-4-2-1-3-5-20)27(32)31-16-14-30(15-17-31)25-11-10-24-19-29-13-12-23(24)18-25/h1-13,18-19,26H,14-17,28H2. The molecule has 1 aromatic heterocycles. The number of rotatable bonds is 4. The molecule has 2 heterocycles. The summed E-state index contributed by atoms with van der Waals surface area (Å²) in [5.41, 5.74) is 10.7. The van der Waals surface area contributed by atoms with Gasteiger partial charge in [0.1, 0.15) is 6.04 Å². The van der Waals surface area contributed by atoms with Gasteiger partial charge in [0.2, 0.25) is 5.91 Å². The third kappa shape index (κ3) is 4.07. The predicted molar refractivity (Wildman–Crippen MR) is 129 cm³/mol. The van der Waals surface area contributed by atoms with Gasteiger partial charge in [-0.3, -0.25) is 9.78 Å². The average Bonchev–Trinajstić information content (AvgIpc) is 2.88. The Morgan fingerprint density at radius 1 is 0.812 bits per heavy atom. The van der Waals surface area contributed by atoms with Gasteiger partial charge in [-0.1, -0.05) is 60.7 Å². The molecule has 32 heavy (non-hydrogen) atoms. The Morgan fingerprint density at radius 2 is 1.53 bits per heavy atom. The van der Waals surface area contributed by atoms with E-state index in [2.05, 4.69) is 40.2 Å². The van der Waals surface area contributed by atoms with Gasteiger partial charge < -0.3 is 15.5 Å². The number of anilines is 1. The predicted octanol–water partition coefficient (Wildman–Crippen LogP) is 4.25. The van der Waals surface area contributed by atoms with Crippen molar-refractivity contribution in [3.05, 3.63) is 96.8 Å². The number of amides is 1. The molecule has 5 rings (SSSR count). The zero-order valence-electron chi connectivity index (χ0n) is 17.9. The Balaban J connectivity index is 1.22. The smallest absolute Gasteiger partial charge is 0.244 e. The van der Waals surface area contributed by atoms with Gasteiger partial charge in [0.15, 0.2) is 0 Å². The number of carbonyl (C=O) groups excluding carboxylic acids is 1. The molecule has 1 aliphatic heterocycles. The summed E-state index contributed by atoms with van der Waals surface area (Å²) in [5, 5.41) is 2.31. The lowest BCUT2D eigenvalue weighted by molar-refractivity contribution is -0.133. The molecule has 0 spiro atoms. The molecule has 1 atom stereocenters. The highest BCUT2D eigenvalue weighted by molar-refractivity contribution is 5.86. The first-order valence-corrected chi connectivity index (χ1v) is 11.0. The molecule has 0 aliphatic carbocycles. The number of aromatic nitrogens is 1.